The summed E-state index contributed by atoms with van der Waals surface area (Å²) in [5.41, 5.74) is 7.36. The molecule has 23 heavy (non-hydrogen) atoms. The summed E-state index contributed by atoms with van der Waals surface area (Å²) in [7, 11) is 0. The predicted molar refractivity (Wildman–Crippen MR) is 81.5 cm³/mol. The Balaban J connectivity index is 2.38. The third-order valence-electron chi connectivity index (χ3n) is 3.82. The Hall–Kier alpha value is -1.93. The van der Waals surface area contributed by atoms with Crippen LogP contribution in [-0.2, 0) is 9.47 Å². The van der Waals surface area contributed by atoms with Gasteiger partial charge in [0.05, 0.1) is 18.8 Å². The number of ether oxygens (including phenoxy) is 2. The Labute approximate surface area is 133 Å². The van der Waals surface area contributed by atoms with Gasteiger partial charge in [0.2, 0.25) is 0 Å². The van der Waals surface area contributed by atoms with E-state index in [1.54, 1.807) is 26.1 Å². The molecule has 1 saturated heterocycles. The molecule has 0 radical (unpaired) electrons. The van der Waals surface area contributed by atoms with E-state index in [9.17, 15) is 9.90 Å². The third kappa shape index (κ3) is 3.37. The maximum absolute atomic E-state index is 12.1. The number of aryl methyl sites for hydroxylation is 1. The van der Waals surface area contributed by atoms with Gasteiger partial charge in [-0.2, -0.15) is 4.98 Å². The Kier molecular flexibility index (Phi) is 5.06. The standard InChI is InChI=1S/C14H21N5O4/c1-8(2)22-7-14(17-18-15)11(20)10(4)12(23-14)19-6-5-9(3)16-13(19)21/h5-6,8,10-12,20H,7H2,1-4H3/t10-,11-,12+,14+/m0/s1. The van der Waals surface area contributed by atoms with Crippen LogP contribution >= 0.6 is 0 Å². The van der Waals surface area contributed by atoms with Crippen LogP contribution in [0.4, 0.5) is 0 Å². The molecular formula is C14H21N5O4. The molecular weight excluding hydrogens is 302 g/mol. The molecule has 1 fully saturated rings. The topological polar surface area (TPSA) is 122 Å². The van der Waals surface area contributed by atoms with Crippen molar-refractivity contribution in [2.45, 2.75) is 51.9 Å². The molecule has 1 aliphatic rings. The molecule has 1 N–H and O–H groups in total. The lowest BCUT2D eigenvalue weighted by molar-refractivity contribution is -0.145. The van der Waals surface area contributed by atoms with Gasteiger partial charge in [0.25, 0.3) is 0 Å². The second-order valence-electron chi connectivity index (χ2n) is 5.97. The summed E-state index contributed by atoms with van der Waals surface area (Å²) < 4.78 is 12.6. The van der Waals surface area contributed by atoms with E-state index in [0.29, 0.717) is 5.69 Å². The van der Waals surface area contributed by atoms with Gasteiger partial charge in [0.1, 0.15) is 6.23 Å². The largest absolute Gasteiger partial charge is 0.389 e. The first-order valence-corrected chi connectivity index (χ1v) is 7.40. The van der Waals surface area contributed by atoms with E-state index >= 15 is 0 Å². The van der Waals surface area contributed by atoms with Crippen molar-refractivity contribution in [3.63, 3.8) is 0 Å². The first-order valence-electron chi connectivity index (χ1n) is 7.40. The van der Waals surface area contributed by atoms with E-state index in [0.717, 1.165) is 0 Å². The second kappa shape index (κ2) is 6.67. The smallest absolute Gasteiger partial charge is 0.349 e. The molecule has 0 unspecified atom stereocenters. The highest BCUT2D eigenvalue weighted by Crippen LogP contribution is 2.42. The number of nitrogens with zero attached hydrogens (tertiary/aromatic N) is 5. The van der Waals surface area contributed by atoms with Gasteiger partial charge in [0, 0.05) is 22.7 Å². The molecule has 0 aromatic carbocycles. The van der Waals surface area contributed by atoms with Crippen molar-refractivity contribution in [1.29, 1.82) is 0 Å². The van der Waals surface area contributed by atoms with E-state index in [1.165, 1.54) is 4.57 Å². The average molecular weight is 323 g/mol. The molecule has 9 nitrogen and oxygen atoms in total. The Morgan fingerprint density at radius 2 is 2.35 bits per heavy atom. The summed E-state index contributed by atoms with van der Waals surface area (Å²) >= 11 is 0. The summed E-state index contributed by atoms with van der Waals surface area (Å²) in [4.78, 5) is 18.7. The SMILES string of the molecule is Cc1ccn([C@@H]2O[C@@](COC(C)C)(N=[N+]=[N-])[C@@H](O)[C@@H]2C)c(=O)n1. The average Bonchev–Trinajstić information content (AvgIpc) is 2.72. The number of aliphatic hydroxyl groups excluding tert-OH is 1. The highest BCUT2D eigenvalue weighted by molar-refractivity contribution is 5.02. The van der Waals surface area contributed by atoms with Gasteiger partial charge in [-0.3, -0.25) is 4.57 Å². The van der Waals surface area contributed by atoms with Crippen LogP contribution in [-0.4, -0.2) is 39.2 Å². The Bertz CT molecular complexity index is 669. The highest BCUT2D eigenvalue weighted by Gasteiger charge is 2.54. The third-order valence-corrected chi connectivity index (χ3v) is 3.82. The van der Waals surface area contributed by atoms with Crippen molar-refractivity contribution in [3.8, 4) is 0 Å². The van der Waals surface area contributed by atoms with Crippen LogP contribution in [0.5, 0.6) is 0 Å². The fourth-order valence-electron chi connectivity index (χ4n) is 2.55. The summed E-state index contributed by atoms with van der Waals surface area (Å²) in [5.74, 6) is -0.488. The molecule has 9 heteroatoms. The zero-order valence-corrected chi connectivity index (χ0v) is 13.6. The van der Waals surface area contributed by atoms with Gasteiger partial charge in [-0.15, -0.1) is 0 Å². The van der Waals surface area contributed by atoms with Crippen LogP contribution in [0.15, 0.2) is 22.2 Å². The number of hydrogen-bond acceptors (Lipinski definition) is 6. The molecule has 4 atom stereocenters. The first-order chi connectivity index (χ1) is 10.8. The van der Waals surface area contributed by atoms with Crippen molar-refractivity contribution in [1.82, 2.24) is 9.55 Å². The molecule has 126 valence electrons. The summed E-state index contributed by atoms with van der Waals surface area (Å²) in [6.45, 7) is 6.96. The molecule has 1 aromatic rings. The van der Waals surface area contributed by atoms with Crippen molar-refractivity contribution < 1.29 is 14.6 Å². The van der Waals surface area contributed by atoms with Crippen LogP contribution in [0, 0.1) is 12.8 Å². The monoisotopic (exact) mass is 323 g/mol. The lowest BCUT2D eigenvalue weighted by Gasteiger charge is -2.27. The van der Waals surface area contributed by atoms with Gasteiger partial charge in [-0.05, 0) is 32.4 Å². The number of aromatic nitrogens is 2. The fraction of sp³-hybridized carbons (Fsp3) is 0.714. The Morgan fingerprint density at radius 3 is 2.91 bits per heavy atom. The van der Waals surface area contributed by atoms with Gasteiger partial charge in [-0.25, -0.2) is 4.79 Å². The van der Waals surface area contributed by atoms with Crippen LogP contribution in [0.2, 0.25) is 0 Å². The van der Waals surface area contributed by atoms with Crippen LogP contribution in [0.3, 0.4) is 0 Å². The molecule has 0 amide bonds. The first kappa shape index (κ1) is 17.4. The molecule has 1 aromatic heterocycles. The predicted octanol–water partition coefficient (Wildman–Crippen LogP) is 1.51. The summed E-state index contributed by atoms with van der Waals surface area (Å²) in [5, 5.41) is 14.2. The molecule has 2 heterocycles. The Morgan fingerprint density at radius 1 is 1.65 bits per heavy atom. The number of hydrogen-bond donors (Lipinski definition) is 1. The van der Waals surface area contributed by atoms with Crippen LogP contribution < -0.4 is 5.69 Å². The second-order valence-corrected chi connectivity index (χ2v) is 5.97. The molecule has 2 rings (SSSR count). The minimum atomic E-state index is -1.58. The van der Waals surface area contributed by atoms with Crippen LogP contribution in [0.1, 0.15) is 32.7 Å². The zero-order valence-electron chi connectivity index (χ0n) is 13.6. The lowest BCUT2D eigenvalue weighted by atomic mass is 9.98. The van der Waals surface area contributed by atoms with Gasteiger partial charge in [0.15, 0.2) is 5.72 Å². The van der Waals surface area contributed by atoms with Gasteiger partial charge in [-0.1, -0.05) is 12.0 Å². The van der Waals surface area contributed by atoms with Crippen molar-refractivity contribution in [2.75, 3.05) is 6.61 Å². The summed E-state index contributed by atoms with van der Waals surface area (Å²) in [6, 6.07) is 1.67. The number of rotatable bonds is 5. The van der Waals surface area contributed by atoms with Crippen molar-refractivity contribution in [3.05, 3.63) is 38.9 Å². The molecule has 1 aliphatic heterocycles. The van der Waals surface area contributed by atoms with E-state index < -0.39 is 29.7 Å². The maximum atomic E-state index is 12.1. The van der Waals surface area contributed by atoms with Crippen molar-refractivity contribution >= 4 is 0 Å². The highest BCUT2D eigenvalue weighted by atomic mass is 16.6. The fourth-order valence-corrected chi connectivity index (χ4v) is 2.55. The van der Waals surface area contributed by atoms with E-state index in [-0.39, 0.29) is 12.7 Å². The number of aliphatic hydroxyl groups is 1. The maximum Gasteiger partial charge on any atom is 0.349 e. The van der Waals surface area contributed by atoms with Crippen LogP contribution in [0.25, 0.3) is 10.4 Å². The zero-order chi connectivity index (χ0) is 17.2. The molecule has 0 bridgehead atoms. The quantitative estimate of drug-likeness (QED) is 0.500. The molecule has 0 spiro atoms. The minimum absolute atomic E-state index is 0.106. The van der Waals surface area contributed by atoms with Crippen molar-refractivity contribution in [2.24, 2.45) is 11.0 Å². The van der Waals surface area contributed by atoms with E-state index in [2.05, 4.69) is 15.0 Å². The minimum Gasteiger partial charge on any atom is -0.389 e. The summed E-state index contributed by atoms with van der Waals surface area (Å²) in [6.07, 6.45) is -0.495. The normalized spacial score (nSPS) is 30.4. The van der Waals surface area contributed by atoms with E-state index in [1.807, 2.05) is 13.8 Å². The lowest BCUT2D eigenvalue weighted by Crippen LogP contribution is -2.43. The molecule has 0 saturated carbocycles. The van der Waals surface area contributed by atoms with E-state index in [4.69, 9.17) is 15.0 Å². The van der Waals surface area contributed by atoms with Gasteiger partial charge >= 0.3 is 5.69 Å². The van der Waals surface area contributed by atoms with Gasteiger partial charge < -0.3 is 14.6 Å². The molecule has 0 aliphatic carbocycles. The number of azide groups is 1.